The Hall–Kier alpha value is -2.34. The molecule has 6 nitrogen and oxygen atoms in total. The summed E-state index contributed by atoms with van der Waals surface area (Å²) >= 11 is 0. The molecule has 1 aromatic heterocycles. The van der Waals surface area contributed by atoms with E-state index in [1.54, 1.807) is 0 Å². The largest absolute Gasteiger partial charge is 0.464 e. The second kappa shape index (κ2) is 7.05. The van der Waals surface area contributed by atoms with Gasteiger partial charge >= 0.3 is 5.97 Å². The summed E-state index contributed by atoms with van der Waals surface area (Å²) in [6.45, 7) is 4.85. The molecule has 0 spiro atoms. The van der Waals surface area contributed by atoms with E-state index in [0.29, 0.717) is 12.1 Å². The highest BCUT2D eigenvalue weighted by Crippen LogP contribution is 2.29. The van der Waals surface area contributed by atoms with Gasteiger partial charge in [-0.05, 0) is 45.0 Å². The number of carbonyl (C=O) groups excluding carboxylic acids is 2. The van der Waals surface area contributed by atoms with E-state index in [-0.39, 0.29) is 11.6 Å². The van der Waals surface area contributed by atoms with Gasteiger partial charge in [-0.1, -0.05) is 11.6 Å². The molecule has 6 heteroatoms. The number of methoxy groups -OCH3 is 1. The van der Waals surface area contributed by atoms with Crippen molar-refractivity contribution < 1.29 is 14.3 Å². The molecule has 128 valence electrons. The summed E-state index contributed by atoms with van der Waals surface area (Å²) in [5.41, 5.74) is 2.65. The van der Waals surface area contributed by atoms with Gasteiger partial charge in [-0.25, -0.2) is 4.79 Å². The van der Waals surface area contributed by atoms with E-state index < -0.39 is 5.97 Å². The molecule has 2 N–H and O–H groups in total. The minimum absolute atomic E-state index is 0.0885. The zero-order valence-corrected chi connectivity index (χ0v) is 14.1. The van der Waals surface area contributed by atoms with Crippen LogP contribution in [0, 0.1) is 6.92 Å². The standard InChI is InChI=1S/C18H23N3O3/c1-12-5-6-14-13(11-12)16(17(19-14)18(23)24-2)20-15(22)7-10-21-8-3-4-9-21/h5-6,11,19H,3-4,7-10H2,1-2H3,(H,20,22). The van der Waals surface area contributed by atoms with Gasteiger partial charge in [-0.15, -0.1) is 0 Å². The third-order valence-corrected chi connectivity index (χ3v) is 4.46. The SMILES string of the molecule is COC(=O)c1[nH]c2ccc(C)cc2c1NC(=O)CCN1CCCC1. The molecule has 1 aliphatic rings. The van der Waals surface area contributed by atoms with Crippen molar-refractivity contribution >= 4 is 28.5 Å². The summed E-state index contributed by atoms with van der Waals surface area (Å²) in [5.74, 6) is -0.576. The maximum absolute atomic E-state index is 12.4. The van der Waals surface area contributed by atoms with Gasteiger partial charge in [0.05, 0.1) is 12.8 Å². The molecule has 1 fully saturated rings. The number of nitrogens with one attached hydrogen (secondary N) is 2. The van der Waals surface area contributed by atoms with Gasteiger partial charge in [-0.2, -0.15) is 0 Å². The number of aryl methyl sites for hydroxylation is 1. The van der Waals surface area contributed by atoms with Crippen molar-refractivity contribution in [3.8, 4) is 0 Å². The van der Waals surface area contributed by atoms with Gasteiger partial charge in [0.15, 0.2) is 0 Å². The average molecular weight is 329 g/mol. The Bertz CT molecular complexity index is 760. The van der Waals surface area contributed by atoms with Gasteiger partial charge < -0.3 is 19.9 Å². The van der Waals surface area contributed by atoms with Crippen LogP contribution in [0.3, 0.4) is 0 Å². The van der Waals surface area contributed by atoms with Crippen molar-refractivity contribution in [3.05, 3.63) is 29.5 Å². The quantitative estimate of drug-likeness (QED) is 0.827. The lowest BCUT2D eigenvalue weighted by Crippen LogP contribution is -2.25. The topological polar surface area (TPSA) is 74.4 Å². The molecule has 1 aliphatic heterocycles. The van der Waals surface area contributed by atoms with Gasteiger partial charge in [0, 0.05) is 23.9 Å². The third-order valence-electron chi connectivity index (χ3n) is 4.46. The Morgan fingerprint density at radius 1 is 1.29 bits per heavy atom. The van der Waals surface area contributed by atoms with E-state index in [2.05, 4.69) is 15.2 Å². The first-order chi connectivity index (χ1) is 11.6. The lowest BCUT2D eigenvalue weighted by atomic mass is 10.1. The lowest BCUT2D eigenvalue weighted by molar-refractivity contribution is -0.116. The summed E-state index contributed by atoms with van der Waals surface area (Å²) in [5, 5.41) is 3.73. The van der Waals surface area contributed by atoms with Gasteiger partial charge in [0.25, 0.3) is 0 Å². The van der Waals surface area contributed by atoms with Gasteiger partial charge in [0.1, 0.15) is 5.69 Å². The van der Waals surface area contributed by atoms with Crippen molar-refractivity contribution in [1.82, 2.24) is 9.88 Å². The third kappa shape index (κ3) is 3.43. The number of ether oxygens (including phenoxy) is 1. The van der Waals surface area contributed by atoms with Crippen molar-refractivity contribution in [2.24, 2.45) is 0 Å². The zero-order valence-electron chi connectivity index (χ0n) is 14.1. The second-order valence-electron chi connectivity index (χ2n) is 6.26. The Balaban J connectivity index is 1.81. The molecule has 0 unspecified atom stereocenters. The van der Waals surface area contributed by atoms with E-state index in [0.717, 1.165) is 36.1 Å². The molecule has 2 heterocycles. The number of nitrogens with zero attached hydrogens (tertiary/aromatic N) is 1. The molecule has 1 saturated heterocycles. The van der Waals surface area contributed by atoms with Gasteiger partial charge in [-0.3, -0.25) is 4.79 Å². The summed E-state index contributed by atoms with van der Waals surface area (Å²) in [7, 11) is 1.33. The Morgan fingerprint density at radius 2 is 2.04 bits per heavy atom. The molecule has 3 rings (SSSR count). The van der Waals surface area contributed by atoms with E-state index in [9.17, 15) is 9.59 Å². The Labute approximate surface area is 141 Å². The average Bonchev–Trinajstić information content (AvgIpc) is 3.20. The molecule has 2 aromatic rings. The first-order valence-corrected chi connectivity index (χ1v) is 8.31. The summed E-state index contributed by atoms with van der Waals surface area (Å²) < 4.78 is 4.83. The van der Waals surface area contributed by atoms with E-state index in [1.165, 1.54) is 20.0 Å². The van der Waals surface area contributed by atoms with Crippen LogP contribution in [0.4, 0.5) is 5.69 Å². The van der Waals surface area contributed by atoms with E-state index in [4.69, 9.17) is 4.74 Å². The highest BCUT2D eigenvalue weighted by Gasteiger charge is 2.21. The molecular weight excluding hydrogens is 306 g/mol. The highest BCUT2D eigenvalue weighted by molar-refractivity contribution is 6.11. The fourth-order valence-electron chi connectivity index (χ4n) is 3.16. The van der Waals surface area contributed by atoms with Crippen LogP contribution in [0.25, 0.3) is 10.9 Å². The molecule has 0 aliphatic carbocycles. The number of hydrogen-bond donors (Lipinski definition) is 2. The summed E-state index contributed by atoms with van der Waals surface area (Å²) in [6, 6.07) is 5.81. The number of esters is 1. The Morgan fingerprint density at radius 3 is 2.75 bits per heavy atom. The van der Waals surface area contributed by atoms with E-state index in [1.807, 2.05) is 25.1 Å². The molecule has 0 radical (unpaired) electrons. The van der Waals surface area contributed by atoms with E-state index >= 15 is 0 Å². The first-order valence-electron chi connectivity index (χ1n) is 8.31. The van der Waals surface area contributed by atoms with Crippen molar-refractivity contribution in [2.45, 2.75) is 26.2 Å². The van der Waals surface area contributed by atoms with Crippen LogP contribution < -0.4 is 5.32 Å². The van der Waals surface area contributed by atoms with Crippen LogP contribution in [-0.2, 0) is 9.53 Å². The maximum atomic E-state index is 12.4. The highest BCUT2D eigenvalue weighted by atomic mass is 16.5. The van der Waals surface area contributed by atoms with Crippen molar-refractivity contribution in [1.29, 1.82) is 0 Å². The molecule has 0 saturated carbocycles. The predicted molar refractivity (Wildman–Crippen MR) is 93.3 cm³/mol. The lowest BCUT2D eigenvalue weighted by Gasteiger charge is -2.14. The number of carbonyl (C=O) groups is 2. The zero-order chi connectivity index (χ0) is 17.1. The molecule has 1 amide bonds. The first kappa shape index (κ1) is 16.5. The second-order valence-corrected chi connectivity index (χ2v) is 6.26. The Kier molecular flexibility index (Phi) is 4.85. The minimum atomic E-state index is -0.487. The predicted octanol–water partition coefficient (Wildman–Crippen LogP) is 2.69. The van der Waals surface area contributed by atoms with Crippen LogP contribution >= 0.6 is 0 Å². The van der Waals surface area contributed by atoms with Crippen molar-refractivity contribution in [2.75, 3.05) is 32.1 Å². The number of aromatic amines is 1. The number of likely N-dealkylation sites (tertiary alicyclic amines) is 1. The molecule has 0 bridgehead atoms. The summed E-state index contributed by atoms with van der Waals surface area (Å²) in [6.07, 6.45) is 2.82. The number of rotatable bonds is 5. The molecule has 1 aromatic carbocycles. The molecule has 0 atom stereocenters. The number of aromatic nitrogens is 1. The molecule has 24 heavy (non-hydrogen) atoms. The summed E-state index contributed by atoms with van der Waals surface area (Å²) in [4.78, 5) is 29.7. The van der Waals surface area contributed by atoms with Crippen LogP contribution in [0.5, 0.6) is 0 Å². The number of anilines is 1. The minimum Gasteiger partial charge on any atom is -0.464 e. The number of fused-ring (bicyclic) bond motifs is 1. The number of H-pyrrole nitrogens is 1. The van der Waals surface area contributed by atoms with Gasteiger partial charge in [0.2, 0.25) is 5.91 Å². The smallest absolute Gasteiger partial charge is 0.356 e. The van der Waals surface area contributed by atoms with Crippen LogP contribution in [0.2, 0.25) is 0 Å². The number of amides is 1. The van der Waals surface area contributed by atoms with Crippen LogP contribution in [-0.4, -0.2) is 48.5 Å². The molecular formula is C18H23N3O3. The van der Waals surface area contributed by atoms with Crippen molar-refractivity contribution in [3.63, 3.8) is 0 Å². The number of benzene rings is 1. The monoisotopic (exact) mass is 329 g/mol. The maximum Gasteiger partial charge on any atom is 0.356 e. The fraction of sp³-hybridized carbons (Fsp3) is 0.444. The van der Waals surface area contributed by atoms with Crippen LogP contribution in [0.1, 0.15) is 35.3 Å². The normalized spacial score (nSPS) is 14.9. The number of hydrogen-bond acceptors (Lipinski definition) is 4. The fourth-order valence-corrected chi connectivity index (χ4v) is 3.16. The van der Waals surface area contributed by atoms with Crippen LogP contribution in [0.15, 0.2) is 18.2 Å².